The van der Waals surface area contributed by atoms with Gasteiger partial charge in [0.15, 0.2) is 0 Å². The van der Waals surface area contributed by atoms with Crippen molar-refractivity contribution >= 4 is 21.6 Å². The van der Waals surface area contributed by atoms with Crippen LogP contribution in [0.5, 0.6) is 0 Å². The van der Waals surface area contributed by atoms with Gasteiger partial charge in [-0.15, -0.1) is 0 Å². The normalized spacial score (nSPS) is 10.4. The molecule has 0 unspecified atom stereocenters. The van der Waals surface area contributed by atoms with E-state index in [4.69, 9.17) is 5.73 Å². The summed E-state index contributed by atoms with van der Waals surface area (Å²) in [4.78, 5) is 0. The zero-order chi connectivity index (χ0) is 11.5. The molecule has 0 aromatic heterocycles. The highest BCUT2D eigenvalue weighted by Crippen LogP contribution is 2.21. The van der Waals surface area contributed by atoms with E-state index in [-0.39, 0.29) is 5.82 Å². The van der Waals surface area contributed by atoms with E-state index in [2.05, 4.69) is 15.9 Å². The number of nitrogens with two attached hydrogens (primary N) is 1. The van der Waals surface area contributed by atoms with Crippen molar-refractivity contribution in [2.24, 2.45) is 0 Å². The van der Waals surface area contributed by atoms with Crippen LogP contribution in [0.15, 0.2) is 46.9 Å². The SMILES string of the molecule is Nc1cc(Br)ccc1Cc1ccc(F)cc1. The Morgan fingerprint density at radius 1 is 1.06 bits per heavy atom. The van der Waals surface area contributed by atoms with Crippen LogP contribution in [0.4, 0.5) is 10.1 Å². The molecule has 16 heavy (non-hydrogen) atoms. The minimum atomic E-state index is -0.215. The number of rotatable bonds is 2. The van der Waals surface area contributed by atoms with Gasteiger partial charge in [-0.3, -0.25) is 0 Å². The van der Waals surface area contributed by atoms with E-state index in [9.17, 15) is 4.39 Å². The molecule has 0 atom stereocenters. The third-order valence-corrected chi connectivity index (χ3v) is 2.91. The molecule has 2 aromatic carbocycles. The van der Waals surface area contributed by atoms with Gasteiger partial charge in [0.05, 0.1) is 0 Å². The molecule has 1 nitrogen and oxygen atoms in total. The van der Waals surface area contributed by atoms with Crippen molar-refractivity contribution < 1.29 is 4.39 Å². The van der Waals surface area contributed by atoms with Crippen molar-refractivity contribution in [3.63, 3.8) is 0 Å². The van der Waals surface area contributed by atoms with Gasteiger partial charge in [0.2, 0.25) is 0 Å². The lowest BCUT2D eigenvalue weighted by atomic mass is 10.0. The van der Waals surface area contributed by atoms with Crippen molar-refractivity contribution in [1.29, 1.82) is 0 Å². The van der Waals surface area contributed by atoms with Crippen LogP contribution in [0.2, 0.25) is 0 Å². The lowest BCUT2D eigenvalue weighted by Gasteiger charge is -2.06. The predicted octanol–water partition coefficient (Wildman–Crippen LogP) is 3.76. The maximum Gasteiger partial charge on any atom is 0.123 e. The van der Waals surface area contributed by atoms with Crippen LogP contribution in [-0.4, -0.2) is 0 Å². The quantitative estimate of drug-likeness (QED) is 0.833. The van der Waals surface area contributed by atoms with E-state index in [0.717, 1.165) is 27.7 Å². The van der Waals surface area contributed by atoms with Gasteiger partial charge >= 0.3 is 0 Å². The Hall–Kier alpha value is -1.35. The fourth-order valence-corrected chi connectivity index (χ4v) is 1.93. The van der Waals surface area contributed by atoms with E-state index in [1.807, 2.05) is 18.2 Å². The minimum absolute atomic E-state index is 0.215. The Balaban J connectivity index is 2.23. The van der Waals surface area contributed by atoms with Crippen LogP contribution >= 0.6 is 15.9 Å². The topological polar surface area (TPSA) is 26.0 Å². The molecule has 3 heteroatoms. The van der Waals surface area contributed by atoms with Crippen molar-refractivity contribution in [2.75, 3.05) is 5.73 Å². The summed E-state index contributed by atoms with van der Waals surface area (Å²) in [6.07, 6.45) is 0.722. The van der Waals surface area contributed by atoms with Gasteiger partial charge in [0.25, 0.3) is 0 Å². The van der Waals surface area contributed by atoms with Gasteiger partial charge in [-0.25, -0.2) is 4.39 Å². The third kappa shape index (κ3) is 2.61. The molecule has 2 rings (SSSR count). The first-order valence-electron chi connectivity index (χ1n) is 4.93. The van der Waals surface area contributed by atoms with Crippen molar-refractivity contribution in [2.45, 2.75) is 6.42 Å². The van der Waals surface area contributed by atoms with E-state index in [1.165, 1.54) is 12.1 Å². The smallest absolute Gasteiger partial charge is 0.123 e. The number of anilines is 1. The summed E-state index contributed by atoms with van der Waals surface area (Å²) in [5.74, 6) is -0.215. The molecule has 2 aromatic rings. The van der Waals surface area contributed by atoms with Crippen LogP contribution in [-0.2, 0) is 6.42 Å². The van der Waals surface area contributed by atoms with Crippen LogP contribution in [0.3, 0.4) is 0 Å². The highest BCUT2D eigenvalue weighted by Gasteiger charge is 2.01. The van der Waals surface area contributed by atoms with Crippen LogP contribution in [0, 0.1) is 5.82 Å². The van der Waals surface area contributed by atoms with Crippen molar-refractivity contribution in [3.05, 3.63) is 63.9 Å². The largest absolute Gasteiger partial charge is 0.398 e. The molecule has 0 fully saturated rings. The molecular formula is C13H11BrFN. The summed E-state index contributed by atoms with van der Waals surface area (Å²) in [5, 5.41) is 0. The van der Waals surface area contributed by atoms with E-state index < -0.39 is 0 Å². The fourth-order valence-electron chi connectivity index (χ4n) is 1.55. The summed E-state index contributed by atoms with van der Waals surface area (Å²) >= 11 is 3.36. The maximum absolute atomic E-state index is 12.7. The first-order valence-corrected chi connectivity index (χ1v) is 5.73. The maximum atomic E-state index is 12.7. The third-order valence-electron chi connectivity index (χ3n) is 2.42. The molecule has 82 valence electrons. The molecule has 0 heterocycles. The average Bonchev–Trinajstić information content (AvgIpc) is 2.25. The number of benzene rings is 2. The molecule has 0 amide bonds. The summed E-state index contributed by atoms with van der Waals surface area (Å²) in [6, 6.07) is 12.3. The summed E-state index contributed by atoms with van der Waals surface area (Å²) in [6.45, 7) is 0. The second-order valence-electron chi connectivity index (χ2n) is 3.65. The Morgan fingerprint density at radius 2 is 1.75 bits per heavy atom. The lowest BCUT2D eigenvalue weighted by molar-refractivity contribution is 0.627. The second kappa shape index (κ2) is 4.66. The van der Waals surface area contributed by atoms with Crippen LogP contribution in [0.25, 0.3) is 0 Å². The number of halogens is 2. The standard InChI is InChI=1S/C13H11BrFN/c14-11-4-3-10(13(16)8-11)7-9-1-5-12(15)6-2-9/h1-6,8H,7,16H2. The molecule has 0 bridgehead atoms. The molecule has 0 aliphatic carbocycles. The lowest BCUT2D eigenvalue weighted by Crippen LogP contribution is -1.95. The first kappa shape index (κ1) is 11.1. The molecule has 0 saturated heterocycles. The monoisotopic (exact) mass is 279 g/mol. The van der Waals surface area contributed by atoms with E-state index >= 15 is 0 Å². The van der Waals surface area contributed by atoms with Gasteiger partial charge < -0.3 is 5.73 Å². The zero-order valence-corrected chi connectivity index (χ0v) is 10.2. The van der Waals surface area contributed by atoms with E-state index in [0.29, 0.717) is 0 Å². The average molecular weight is 280 g/mol. The Kier molecular flexibility index (Phi) is 3.25. The minimum Gasteiger partial charge on any atom is -0.398 e. The molecule has 0 aliphatic rings. The van der Waals surface area contributed by atoms with Gasteiger partial charge in [0, 0.05) is 10.2 Å². The Labute approximate surface area is 102 Å². The first-order chi connectivity index (χ1) is 7.65. The predicted molar refractivity (Wildman–Crippen MR) is 67.8 cm³/mol. The summed E-state index contributed by atoms with van der Waals surface area (Å²) < 4.78 is 13.7. The fraction of sp³-hybridized carbons (Fsp3) is 0.0769. The number of nitrogen functional groups attached to an aromatic ring is 1. The summed E-state index contributed by atoms with van der Waals surface area (Å²) in [7, 11) is 0. The summed E-state index contributed by atoms with van der Waals surface area (Å²) in [5.41, 5.74) is 8.75. The number of hydrogen-bond donors (Lipinski definition) is 1. The highest BCUT2D eigenvalue weighted by atomic mass is 79.9. The van der Waals surface area contributed by atoms with Crippen LogP contribution in [0.1, 0.15) is 11.1 Å². The van der Waals surface area contributed by atoms with Gasteiger partial charge in [-0.1, -0.05) is 34.1 Å². The molecule has 0 saturated carbocycles. The van der Waals surface area contributed by atoms with Crippen molar-refractivity contribution in [3.8, 4) is 0 Å². The van der Waals surface area contributed by atoms with Crippen LogP contribution < -0.4 is 5.73 Å². The van der Waals surface area contributed by atoms with Crippen molar-refractivity contribution in [1.82, 2.24) is 0 Å². The highest BCUT2D eigenvalue weighted by molar-refractivity contribution is 9.10. The molecular weight excluding hydrogens is 269 g/mol. The second-order valence-corrected chi connectivity index (χ2v) is 4.56. The number of hydrogen-bond acceptors (Lipinski definition) is 1. The Morgan fingerprint density at radius 3 is 2.38 bits per heavy atom. The molecule has 0 radical (unpaired) electrons. The van der Waals surface area contributed by atoms with E-state index in [1.54, 1.807) is 12.1 Å². The molecule has 0 spiro atoms. The van der Waals surface area contributed by atoms with Gasteiger partial charge in [-0.05, 0) is 41.8 Å². The molecule has 2 N–H and O–H groups in total. The molecule has 0 aliphatic heterocycles. The van der Waals surface area contributed by atoms with Gasteiger partial charge in [-0.2, -0.15) is 0 Å². The zero-order valence-electron chi connectivity index (χ0n) is 8.58. The Bertz CT molecular complexity index is 494. The van der Waals surface area contributed by atoms with Gasteiger partial charge in [0.1, 0.15) is 5.82 Å².